The van der Waals surface area contributed by atoms with Crippen LogP contribution in [0.15, 0.2) is 35.7 Å². The van der Waals surface area contributed by atoms with Crippen molar-refractivity contribution in [2.45, 2.75) is 19.6 Å². The monoisotopic (exact) mass is 498 g/mol. The van der Waals surface area contributed by atoms with Gasteiger partial charge in [-0.3, -0.25) is 9.05 Å². The fourth-order valence-electron chi connectivity index (χ4n) is 2.87. The molecule has 182 valence electrons. The molecule has 2 aromatic rings. The highest BCUT2D eigenvalue weighted by Gasteiger charge is 2.29. The van der Waals surface area contributed by atoms with Crippen LogP contribution in [-0.4, -0.2) is 41.7 Å². The Balaban J connectivity index is 2.17. The molecule has 0 N–H and O–H groups in total. The van der Waals surface area contributed by atoms with Crippen LogP contribution in [0, 0.1) is 0 Å². The van der Waals surface area contributed by atoms with E-state index < -0.39 is 7.82 Å². The van der Waals surface area contributed by atoms with E-state index in [9.17, 15) is 4.57 Å². The number of methoxy groups -OCH3 is 4. The fourth-order valence-corrected chi connectivity index (χ4v) is 4.76. The first-order valence-corrected chi connectivity index (χ1v) is 12.8. The van der Waals surface area contributed by atoms with Crippen LogP contribution in [0.3, 0.4) is 0 Å². The molecule has 0 bridgehead atoms. The van der Waals surface area contributed by atoms with E-state index in [4.69, 9.17) is 32.5 Å². The molecule has 0 saturated carbocycles. The maximum Gasteiger partial charge on any atom is 0.530 e. The minimum atomic E-state index is -3.74. The number of rotatable bonds is 14. The van der Waals surface area contributed by atoms with E-state index in [-0.39, 0.29) is 13.2 Å². The van der Waals surface area contributed by atoms with E-state index in [1.807, 2.05) is 17.6 Å². The van der Waals surface area contributed by atoms with Gasteiger partial charge in [-0.1, -0.05) is 6.07 Å². The first-order chi connectivity index (χ1) is 15.9. The standard InChI is InChI=1S/C23H31O8PS/c1-7-29-32(24,30-8-2)31-23-13-17(9-10-20(23)26-4)16-33-12-11-19-21(27-5)14-18(25-3)15-22(19)28-6/h9-15H,7-8,16H2,1-6H3/b12-11+. The Bertz CT molecular complexity index is 944. The zero-order chi connectivity index (χ0) is 24.3. The van der Waals surface area contributed by atoms with E-state index in [2.05, 4.69) is 0 Å². The Morgan fingerprint density at radius 1 is 0.818 bits per heavy atom. The first kappa shape index (κ1) is 26.9. The number of thioether (sulfide) groups is 1. The maximum absolute atomic E-state index is 12.8. The van der Waals surface area contributed by atoms with E-state index >= 15 is 0 Å². The van der Waals surface area contributed by atoms with Gasteiger partial charge < -0.3 is 23.5 Å². The summed E-state index contributed by atoms with van der Waals surface area (Å²) in [6.07, 6.45) is 1.92. The molecule has 0 amide bonds. The second-order valence-electron chi connectivity index (χ2n) is 6.42. The summed E-state index contributed by atoms with van der Waals surface area (Å²) in [6.45, 7) is 3.83. The summed E-state index contributed by atoms with van der Waals surface area (Å²) < 4.78 is 50.4. The van der Waals surface area contributed by atoms with Gasteiger partial charge in [0.2, 0.25) is 0 Å². The van der Waals surface area contributed by atoms with Gasteiger partial charge in [0.1, 0.15) is 17.2 Å². The van der Waals surface area contributed by atoms with Gasteiger partial charge in [-0.25, -0.2) is 4.57 Å². The Kier molecular flexibility index (Phi) is 10.9. The minimum absolute atomic E-state index is 0.193. The SMILES string of the molecule is CCOP(=O)(OCC)Oc1cc(CS/C=C/c2c(OC)cc(OC)cc2OC)ccc1OC. The molecule has 2 aromatic carbocycles. The van der Waals surface area contributed by atoms with Crippen molar-refractivity contribution >= 4 is 25.7 Å². The molecule has 0 aliphatic rings. The van der Waals surface area contributed by atoms with Crippen molar-refractivity contribution < 1.29 is 37.1 Å². The fraction of sp³-hybridized carbons (Fsp3) is 0.391. The number of hydrogen-bond donors (Lipinski definition) is 0. The van der Waals surface area contributed by atoms with Crippen LogP contribution in [0.1, 0.15) is 25.0 Å². The molecule has 0 fully saturated rings. The summed E-state index contributed by atoms with van der Waals surface area (Å²) in [4.78, 5) is 0. The molecule has 8 nitrogen and oxygen atoms in total. The molecule has 2 rings (SSSR count). The number of phosphoric acid groups is 1. The van der Waals surface area contributed by atoms with Crippen LogP contribution in [-0.2, 0) is 19.4 Å². The van der Waals surface area contributed by atoms with Crippen LogP contribution in [0.25, 0.3) is 6.08 Å². The van der Waals surface area contributed by atoms with Crippen molar-refractivity contribution in [1.82, 2.24) is 0 Å². The van der Waals surface area contributed by atoms with Crippen molar-refractivity contribution in [3.8, 4) is 28.7 Å². The molecule has 0 saturated heterocycles. The van der Waals surface area contributed by atoms with Crippen molar-refractivity contribution in [3.05, 3.63) is 46.9 Å². The largest absolute Gasteiger partial charge is 0.530 e. The van der Waals surface area contributed by atoms with Crippen molar-refractivity contribution in [3.63, 3.8) is 0 Å². The molecule has 0 heterocycles. The van der Waals surface area contributed by atoms with Gasteiger partial charge >= 0.3 is 7.82 Å². The normalized spacial score (nSPS) is 11.5. The smallest absolute Gasteiger partial charge is 0.496 e. The summed E-state index contributed by atoms with van der Waals surface area (Å²) in [5.41, 5.74) is 1.75. The predicted molar refractivity (Wildman–Crippen MR) is 131 cm³/mol. The highest BCUT2D eigenvalue weighted by molar-refractivity contribution is 8.01. The molecule has 10 heteroatoms. The third kappa shape index (κ3) is 7.61. The number of ether oxygens (including phenoxy) is 4. The van der Waals surface area contributed by atoms with Gasteiger partial charge in [-0.15, -0.1) is 11.8 Å². The summed E-state index contributed by atoms with van der Waals surface area (Å²) in [7, 11) is 2.57. The molecule has 33 heavy (non-hydrogen) atoms. The molecule has 0 unspecified atom stereocenters. The van der Waals surface area contributed by atoms with Gasteiger partial charge in [0, 0.05) is 17.9 Å². The van der Waals surface area contributed by atoms with E-state index in [1.165, 1.54) is 7.11 Å². The third-order valence-corrected chi connectivity index (χ3v) is 6.74. The van der Waals surface area contributed by atoms with Crippen LogP contribution >= 0.6 is 19.6 Å². The number of phosphoric ester groups is 1. The van der Waals surface area contributed by atoms with Gasteiger partial charge in [0.25, 0.3) is 0 Å². The maximum atomic E-state index is 12.8. The quantitative estimate of drug-likeness (QED) is 0.283. The highest BCUT2D eigenvalue weighted by atomic mass is 32.2. The van der Waals surface area contributed by atoms with E-state index in [0.717, 1.165) is 11.1 Å². The van der Waals surface area contributed by atoms with Crippen LogP contribution < -0.4 is 23.5 Å². The molecule has 0 aliphatic heterocycles. The zero-order valence-corrected chi connectivity index (χ0v) is 21.5. The lowest BCUT2D eigenvalue weighted by Gasteiger charge is -2.19. The lowest BCUT2D eigenvalue weighted by molar-refractivity contribution is 0.166. The van der Waals surface area contributed by atoms with E-state index in [1.54, 1.807) is 71.2 Å². The summed E-state index contributed by atoms with van der Waals surface area (Å²) in [6, 6.07) is 9.03. The molecular formula is C23H31O8PS. The predicted octanol–water partition coefficient (Wildman–Crippen LogP) is 6.19. The van der Waals surface area contributed by atoms with Gasteiger partial charge in [-0.2, -0.15) is 0 Å². The van der Waals surface area contributed by atoms with Crippen LogP contribution in [0.4, 0.5) is 0 Å². The molecule has 0 aromatic heterocycles. The van der Waals surface area contributed by atoms with Crippen LogP contribution in [0.5, 0.6) is 28.7 Å². The zero-order valence-electron chi connectivity index (χ0n) is 19.8. The van der Waals surface area contributed by atoms with Gasteiger partial charge in [-0.05, 0) is 43.0 Å². The average Bonchev–Trinajstić information content (AvgIpc) is 2.81. The molecule has 0 spiro atoms. The minimum Gasteiger partial charge on any atom is -0.496 e. The lowest BCUT2D eigenvalue weighted by Crippen LogP contribution is -2.03. The van der Waals surface area contributed by atoms with Gasteiger partial charge in [0.15, 0.2) is 11.5 Å². The molecule has 0 radical (unpaired) electrons. The summed E-state index contributed by atoms with van der Waals surface area (Å²) in [5, 5.41) is 1.95. The average molecular weight is 499 g/mol. The first-order valence-electron chi connectivity index (χ1n) is 10.3. The highest BCUT2D eigenvalue weighted by Crippen LogP contribution is 2.51. The van der Waals surface area contributed by atoms with Crippen LogP contribution in [0.2, 0.25) is 0 Å². The molecular weight excluding hydrogens is 467 g/mol. The summed E-state index contributed by atoms with van der Waals surface area (Å²) in [5.74, 6) is 3.30. The second kappa shape index (κ2) is 13.4. The summed E-state index contributed by atoms with van der Waals surface area (Å²) >= 11 is 1.56. The molecule has 0 aliphatic carbocycles. The molecule has 0 atom stereocenters. The topological polar surface area (TPSA) is 81.7 Å². The second-order valence-corrected chi connectivity index (χ2v) is 8.91. The van der Waals surface area contributed by atoms with Crippen molar-refractivity contribution in [1.29, 1.82) is 0 Å². The Morgan fingerprint density at radius 2 is 1.42 bits per heavy atom. The number of hydrogen-bond acceptors (Lipinski definition) is 9. The Hall–Kier alpha value is -2.32. The van der Waals surface area contributed by atoms with E-state index in [0.29, 0.717) is 34.5 Å². The lowest BCUT2D eigenvalue weighted by atomic mass is 10.1. The third-order valence-electron chi connectivity index (χ3n) is 4.35. The Labute approximate surface area is 199 Å². The number of benzene rings is 2. The van der Waals surface area contributed by atoms with Gasteiger partial charge in [0.05, 0.1) is 47.2 Å². The van der Waals surface area contributed by atoms with Crippen molar-refractivity contribution in [2.24, 2.45) is 0 Å². The Morgan fingerprint density at radius 3 is 1.94 bits per heavy atom. The van der Waals surface area contributed by atoms with Crippen molar-refractivity contribution in [2.75, 3.05) is 41.7 Å².